The lowest BCUT2D eigenvalue weighted by molar-refractivity contribution is 0.628. The molecule has 16 heavy (non-hydrogen) atoms. The maximum Gasteiger partial charge on any atom is 0.123 e. The van der Waals surface area contributed by atoms with Gasteiger partial charge in [0.2, 0.25) is 0 Å². The molecule has 2 nitrogen and oxygen atoms in total. The monoisotopic (exact) mass is 232 g/mol. The number of nitriles is 1. The summed E-state index contributed by atoms with van der Waals surface area (Å²) in [6.07, 6.45) is 2.98. The maximum absolute atomic E-state index is 13.1. The van der Waals surface area contributed by atoms with Crippen molar-refractivity contribution >= 4 is 11.6 Å². The molecule has 0 unspecified atom stereocenters. The van der Waals surface area contributed by atoms with Crippen molar-refractivity contribution < 1.29 is 4.39 Å². The largest absolute Gasteiger partial charge is 0.263 e. The SMILES string of the molecule is N#Cc1cncc(-c2cc(F)ccc2Cl)c1. The van der Waals surface area contributed by atoms with E-state index in [0.717, 1.165) is 0 Å². The van der Waals surface area contributed by atoms with Crippen molar-refractivity contribution in [2.75, 3.05) is 0 Å². The van der Waals surface area contributed by atoms with Gasteiger partial charge in [0, 0.05) is 28.5 Å². The minimum atomic E-state index is -0.373. The van der Waals surface area contributed by atoms with Crippen LogP contribution < -0.4 is 0 Å². The Morgan fingerprint density at radius 3 is 2.81 bits per heavy atom. The van der Waals surface area contributed by atoms with Crippen LogP contribution in [-0.4, -0.2) is 4.98 Å². The molecule has 0 saturated heterocycles. The third-order valence-electron chi connectivity index (χ3n) is 2.11. The average Bonchev–Trinajstić information content (AvgIpc) is 2.32. The lowest BCUT2D eigenvalue weighted by Gasteiger charge is -2.04. The number of benzene rings is 1. The van der Waals surface area contributed by atoms with Crippen molar-refractivity contribution in [3.63, 3.8) is 0 Å². The molecule has 4 heteroatoms. The molecule has 1 heterocycles. The molecule has 0 fully saturated rings. The highest BCUT2D eigenvalue weighted by atomic mass is 35.5. The molecule has 1 aromatic heterocycles. The van der Waals surface area contributed by atoms with Crippen LogP contribution in [0.4, 0.5) is 4.39 Å². The number of nitrogens with zero attached hydrogens (tertiary/aromatic N) is 2. The second-order valence-electron chi connectivity index (χ2n) is 3.20. The van der Waals surface area contributed by atoms with E-state index < -0.39 is 0 Å². The standard InChI is InChI=1S/C12H6ClFN2/c13-12-2-1-10(14)4-11(12)9-3-8(5-15)6-16-7-9/h1-4,6-7H. The molecule has 0 aliphatic heterocycles. The molecule has 0 N–H and O–H groups in total. The van der Waals surface area contributed by atoms with Crippen LogP contribution in [0.2, 0.25) is 5.02 Å². The average molecular weight is 233 g/mol. The lowest BCUT2D eigenvalue weighted by atomic mass is 10.1. The molecule has 0 spiro atoms. The first-order chi connectivity index (χ1) is 7.70. The topological polar surface area (TPSA) is 36.7 Å². The zero-order chi connectivity index (χ0) is 11.5. The number of halogens is 2. The molecule has 0 bridgehead atoms. The van der Waals surface area contributed by atoms with Crippen molar-refractivity contribution in [3.8, 4) is 17.2 Å². The highest BCUT2D eigenvalue weighted by molar-refractivity contribution is 6.33. The Morgan fingerprint density at radius 1 is 1.25 bits per heavy atom. The Morgan fingerprint density at radius 2 is 2.06 bits per heavy atom. The fraction of sp³-hybridized carbons (Fsp3) is 0. The van der Waals surface area contributed by atoms with E-state index in [9.17, 15) is 4.39 Å². The summed E-state index contributed by atoms with van der Waals surface area (Å²) in [6.45, 7) is 0. The van der Waals surface area contributed by atoms with Crippen LogP contribution in [0, 0.1) is 17.1 Å². The van der Waals surface area contributed by atoms with Gasteiger partial charge in [0.15, 0.2) is 0 Å². The molecule has 0 aliphatic rings. The van der Waals surface area contributed by atoms with Gasteiger partial charge in [-0.1, -0.05) is 11.6 Å². The lowest BCUT2D eigenvalue weighted by Crippen LogP contribution is -1.85. The van der Waals surface area contributed by atoms with E-state index >= 15 is 0 Å². The highest BCUT2D eigenvalue weighted by Gasteiger charge is 2.06. The normalized spacial score (nSPS) is 9.81. The summed E-state index contributed by atoms with van der Waals surface area (Å²) in [6, 6.07) is 7.67. The van der Waals surface area contributed by atoms with Gasteiger partial charge in [-0.25, -0.2) is 4.39 Å². The third-order valence-corrected chi connectivity index (χ3v) is 2.44. The van der Waals surface area contributed by atoms with E-state index in [0.29, 0.717) is 21.7 Å². The molecule has 0 aliphatic carbocycles. The van der Waals surface area contributed by atoms with Gasteiger partial charge in [-0.2, -0.15) is 5.26 Å². The predicted molar refractivity (Wildman–Crippen MR) is 59.4 cm³/mol. The second kappa shape index (κ2) is 4.30. The summed E-state index contributed by atoms with van der Waals surface area (Å²) >= 11 is 5.95. The van der Waals surface area contributed by atoms with E-state index in [4.69, 9.17) is 16.9 Å². The summed E-state index contributed by atoms with van der Waals surface area (Å²) < 4.78 is 13.1. The van der Waals surface area contributed by atoms with Crippen molar-refractivity contribution in [2.24, 2.45) is 0 Å². The quantitative estimate of drug-likeness (QED) is 0.756. The van der Waals surface area contributed by atoms with Crippen LogP contribution in [0.3, 0.4) is 0 Å². The van der Waals surface area contributed by atoms with Crippen molar-refractivity contribution in [1.82, 2.24) is 4.98 Å². The number of pyridine rings is 1. The van der Waals surface area contributed by atoms with Crippen LogP contribution in [-0.2, 0) is 0 Å². The first kappa shape index (κ1) is 10.6. The van der Waals surface area contributed by atoms with E-state index in [2.05, 4.69) is 4.98 Å². The Balaban J connectivity index is 2.58. The molecule has 0 atom stereocenters. The van der Waals surface area contributed by atoms with Gasteiger partial charge in [0.05, 0.1) is 5.56 Å². The number of rotatable bonds is 1. The molecular weight excluding hydrogens is 227 g/mol. The van der Waals surface area contributed by atoms with Gasteiger partial charge in [-0.15, -0.1) is 0 Å². The zero-order valence-corrected chi connectivity index (χ0v) is 8.87. The third kappa shape index (κ3) is 2.02. The molecule has 2 rings (SSSR count). The maximum atomic E-state index is 13.1. The van der Waals surface area contributed by atoms with E-state index in [1.165, 1.54) is 24.4 Å². The Labute approximate surface area is 96.9 Å². The van der Waals surface area contributed by atoms with E-state index in [-0.39, 0.29) is 5.82 Å². The summed E-state index contributed by atoms with van der Waals surface area (Å²) in [5.74, 6) is -0.373. The fourth-order valence-electron chi connectivity index (χ4n) is 1.37. The minimum Gasteiger partial charge on any atom is -0.263 e. The smallest absolute Gasteiger partial charge is 0.123 e. The molecule has 0 amide bonds. The Hall–Kier alpha value is -1.92. The molecule has 0 saturated carbocycles. The van der Waals surface area contributed by atoms with Gasteiger partial charge in [-0.05, 0) is 24.3 Å². The van der Waals surface area contributed by atoms with Gasteiger partial charge < -0.3 is 0 Å². The second-order valence-corrected chi connectivity index (χ2v) is 3.61. The summed E-state index contributed by atoms with van der Waals surface area (Å²) in [5, 5.41) is 9.16. The zero-order valence-electron chi connectivity index (χ0n) is 8.11. The van der Waals surface area contributed by atoms with Gasteiger partial charge in [0.25, 0.3) is 0 Å². The first-order valence-corrected chi connectivity index (χ1v) is 4.89. The van der Waals surface area contributed by atoms with Crippen molar-refractivity contribution in [2.45, 2.75) is 0 Å². The summed E-state index contributed by atoms with van der Waals surface area (Å²) in [4.78, 5) is 3.90. The van der Waals surface area contributed by atoms with Crippen LogP contribution >= 0.6 is 11.6 Å². The first-order valence-electron chi connectivity index (χ1n) is 4.51. The van der Waals surface area contributed by atoms with Crippen molar-refractivity contribution in [3.05, 3.63) is 53.1 Å². The fourth-order valence-corrected chi connectivity index (χ4v) is 1.59. The highest BCUT2D eigenvalue weighted by Crippen LogP contribution is 2.28. The van der Waals surface area contributed by atoms with Gasteiger partial charge >= 0.3 is 0 Å². The Bertz CT molecular complexity index is 575. The molecule has 2 aromatic rings. The predicted octanol–water partition coefficient (Wildman–Crippen LogP) is 3.41. The molecule has 1 aromatic carbocycles. The number of hydrogen-bond donors (Lipinski definition) is 0. The van der Waals surface area contributed by atoms with Crippen molar-refractivity contribution in [1.29, 1.82) is 5.26 Å². The molecule has 0 radical (unpaired) electrons. The van der Waals surface area contributed by atoms with Crippen LogP contribution in [0.25, 0.3) is 11.1 Å². The van der Waals surface area contributed by atoms with Crippen LogP contribution in [0.5, 0.6) is 0 Å². The Kier molecular flexibility index (Phi) is 2.84. The van der Waals surface area contributed by atoms with E-state index in [1.54, 1.807) is 12.3 Å². The molecular formula is C12H6ClFN2. The van der Waals surface area contributed by atoms with E-state index in [1.807, 2.05) is 6.07 Å². The van der Waals surface area contributed by atoms with Crippen LogP contribution in [0.1, 0.15) is 5.56 Å². The van der Waals surface area contributed by atoms with Gasteiger partial charge in [0.1, 0.15) is 11.9 Å². The molecule has 78 valence electrons. The van der Waals surface area contributed by atoms with Crippen LogP contribution in [0.15, 0.2) is 36.7 Å². The number of hydrogen-bond acceptors (Lipinski definition) is 2. The number of aromatic nitrogens is 1. The minimum absolute atomic E-state index is 0.373. The van der Waals surface area contributed by atoms with Gasteiger partial charge in [-0.3, -0.25) is 4.98 Å². The summed E-state index contributed by atoms with van der Waals surface area (Å²) in [5.41, 5.74) is 1.58. The summed E-state index contributed by atoms with van der Waals surface area (Å²) in [7, 11) is 0.